The molecule has 2 N–H and O–H groups in total. The summed E-state index contributed by atoms with van der Waals surface area (Å²) in [7, 11) is -5.39. The largest absolute Gasteiger partial charge is 0.486 e. The lowest BCUT2D eigenvalue weighted by atomic mass is 10.0. The van der Waals surface area contributed by atoms with Crippen LogP contribution in [0.3, 0.4) is 0 Å². The van der Waals surface area contributed by atoms with Crippen LogP contribution in [0.15, 0.2) is 53.4 Å². The Morgan fingerprint density at radius 1 is 1.22 bits per heavy atom. The van der Waals surface area contributed by atoms with Crippen molar-refractivity contribution in [3.8, 4) is 11.5 Å². The van der Waals surface area contributed by atoms with Gasteiger partial charge >= 0.3 is 6.09 Å². The van der Waals surface area contributed by atoms with Crippen LogP contribution in [0.25, 0.3) is 0 Å². The molecule has 0 saturated carbocycles. The van der Waals surface area contributed by atoms with E-state index in [0.717, 1.165) is 12.1 Å². The van der Waals surface area contributed by atoms with Gasteiger partial charge in [-0.15, -0.1) is 0 Å². The van der Waals surface area contributed by atoms with Gasteiger partial charge in [0.05, 0.1) is 40.2 Å². The summed E-state index contributed by atoms with van der Waals surface area (Å²) in [5.74, 6) is -5.18. The van der Waals surface area contributed by atoms with Crippen LogP contribution in [0.2, 0.25) is 0 Å². The average molecular weight is 603 g/mol. The van der Waals surface area contributed by atoms with Gasteiger partial charge in [-0.1, -0.05) is 44.0 Å². The number of benzene rings is 2. The molecule has 3 aliphatic rings. The lowest BCUT2D eigenvalue weighted by Gasteiger charge is -2.31. The number of carbonyl (C=O) groups is 1. The Morgan fingerprint density at radius 2 is 2.00 bits per heavy atom. The third kappa shape index (κ3) is 7.12. The predicted octanol–water partition coefficient (Wildman–Crippen LogP) is 2.56. The molecule has 12 heteroatoms. The lowest BCUT2D eigenvalue weighted by Crippen LogP contribution is -2.51. The van der Waals surface area contributed by atoms with E-state index in [1.165, 1.54) is 6.07 Å². The van der Waals surface area contributed by atoms with Crippen LogP contribution in [-0.4, -0.2) is 87.9 Å². The zero-order valence-corrected chi connectivity index (χ0v) is 22.6. The number of amides is 1. The Morgan fingerprint density at radius 3 is 2.78 bits per heavy atom. The second kappa shape index (κ2) is 13.0. The summed E-state index contributed by atoms with van der Waals surface area (Å²) in [4.78, 5) is 12.7. The van der Waals surface area contributed by atoms with Crippen molar-refractivity contribution in [2.75, 3.05) is 39.4 Å². The molecule has 0 aliphatic carbocycles. The van der Waals surface area contributed by atoms with Gasteiger partial charge in [0.15, 0.2) is 17.8 Å². The van der Waals surface area contributed by atoms with Gasteiger partial charge in [0.25, 0.3) is 0 Å². The maximum absolute atomic E-state index is 14.4. The number of fused-ring (bicyclic) bond motifs is 2. The molecule has 0 unspecified atom stereocenters. The van der Waals surface area contributed by atoms with E-state index in [0.29, 0.717) is 5.56 Å². The van der Waals surface area contributed by atoms with Gasteiger partial charge in [-0.2, -0.15) is 4.31 Å². The minimum Gasteiger partial charge on any atom is -0.486 e. The third-order valence-corrected chi connectivity index (χ3v) is 8.28. The quantitative estimate of drug-likeness (QED) is 0.398. The van der Waals surface area contributed by atoms with E-state index < -0.39 is 90.6 Å². The topological polar surface area (TPSA) is 133 Å². The number of hydrogen-bond donors (Lipinski definition) is 2. The van der Waals surface area contributed by atoms with Gasteiger partial charge in [-0.3, -0.25) is 0 Å². The highest BCUT2D eigenvalue weighted by Gasteiger charge is 2.44. The first-order chi connectivity index (χ1) is 24.4. The van der Waals surface area contributed by atoms with Gasteiger partial charge in [-0.05, 0) is 36.4 Å². The molecule has 5 atom stereocenters. The molecular weight excluding hydrogens is 552 g/mol. The number of carbonyl (C=O) groups excluding carboxylic acids is 1. The van der Waals surface area contributed by atoms with E-state index in [4.69, 9.17) is 40.1 Å². The van der Waals surface area contributed by atoms with E-state index in [1.54, 1.807) is 30.3 Å². The minimum atomic E-state index is -5.39. The molecule has 3 heterocycles. The Hall–Kier alpha value is -2.90. The predicted molar refractivity (Wildman–Crippen MR) is 148 cm³/mol. The number of sulfonamides is 1. The minimum absolute atomic E-state index is 0.0122. The van der Waals surface area contributed by atoms with Gasteiger partial charge in [0.2, 0.25) is 10.0 Å². The summed E-state index contributed by atoms with van der Waals surface area (Å²) in [6.45, 7) is -16.1. The number of nitrogens with one attached hydrogen (secondary N) is 1. The third-order valence-electron chi connectivity index (χ3n) is 6.61. The van der Waals surface area contributed by atoms with Crippen LogP contribution in [-0.2, 0) is 30.7 Å². The molecule has 1 amide bonds. The molecule has 0 aromatic heterocycles. The highest BCUT2D eigenvalue weighted by Crippen LogP contribution is 2.34. The molecule has 0 bridgehead atoms. The zero-order chi connectivity index (χ0) is 39.4. The monoisotopic (exact) mass is 602 g/mol. The normalized spacial score (nSPS) is 31.9. The second-order valence-corrected chi connectivity index (χ2v) is 11.3. The molecule has 2 fully saturated rings. The standard InChI is InChI=1S/C29H38N2O9S/c1-19(2)16-31(41(34,35)21-8-9-25-26(15-21)37-13-12-36-25)17-24(32)23(14-20-6-4-3-5-7-20)30-29(33)40-27-18-39-28-22(27)10-11-38-28/h3-9,15,19,22-24,27-28,32H,10-14,16-18H2,1-2H3,(H,30,33)/t22-,23-,24+,27-,28+/m0/s1/i1D3,2D3,16D2,18D2,19D,27D. The molecule has 224 valence electrons. The second-order valence-electron chi connectivity index (χ2n) is 9.44. The number of ether oxygens (including phenoxy) is 5. The van der Waals surface area contributed by atoms with Crippen LogP contribution in [0, 0.1) is 11.8 Å². The lowest BCUT2D eigenvalue weighted by molar-refractivity contribution is -0.0907. The fourth-order valence-corrected chi connectivity index (χ4v) is 5.90. The molecule has 2 aromatic rings. The smallest absolute Gasteiger partial charge is 0.407 e. The first kappa shape index (κ1) is 17.9. The molecule has 2 aromatic carbocycles. The highest BCUT2D eigenvalue weighted by molar-refractivity contribution is 7.89. The first-order valence-corrected chi connectivity index (χ1v) is 14.2. The van der Waals surface area contributed by atoms with Crippen molar-refractivity contribution in [1.82, 2.24) is 9.62 Å². The summed E-state index contributed by atoms with van der Waals surface area (Å²) >= 11 is 0. The maximum atomic E-state index is 14.4. The Labute approximate surface area is 257 Å². The molecule has 2 saturated heterocycles. The van der Waals surface area contributed by atoms with E-state index in [2.05, 4.69) is 5.32 Å². The summed E-state index contributed by atoms with van der Waals surface area (Å²) < 4.78 is 154. The van der Waals surface area contributed by atoms with E-state index >= 15 is 0 Å². The molecule has 0 spiro atoms. The van der Waals surface area contributed by atoms with Crippen molar-refractivity contribution in [3.63, 3.8) is 0 Å². The van der Waals surface area contributed by atoms with Gasteiger partial charge in [0, 0.05) is 31.4 Å². The summed E-state index contributed by atoms with van der Waals surface area (Å²) in [6.07, 6.45) is -7.74. The Balaban J connectivity index is 1.56. The number of aliphatic hydroxyl groups excluding tert-OH is 1. The molecule has 3 aliphatic heterocycles. The molecular formula is C29H38N2O9S. The van der Waals surface area contributed by atoms with Crippen molar-refractivity contribution in [1.29, 1.82) is 0 Å². The van der Waals surface area contributed by atoms with Crippen molar-refractivity contribution in [2.24, 2.45) is 11.8 Å². The van der Waals surface area contributed by atoms with Gasteiger partial charge in [0.1, 0.15) is 19.3 Å². The van der Waals surface area contributed by atoms with Crippen LogP contribution in [0.4, 0.5) is 4.79 Å². The van der Waals surface area contributed by atoms with Crippen LogP contribution < -0.4 is 14.8 Å². The SMILES string of the molecule is [2H]C([2H])([2H])C([2H])(C([2H])([2H])[2H])C([2H])([2H])N(C[C@@H](O)[C@H](Cc1ccccc1)NC(=O)O[C@]1([2H])[C@@H]2CCO[C@@H]2OC1([2H])[2H])S(=O)(=O)c1ccc2c(c1)OCCO2. The first-order valence-electron chi connectivity index (χ1n) is 18.8. The fourth-order valence-electron chi connectivity index (χ4n) is 4.59. The van der Waals surface area contributed by atoms with E-state index in [-0.39, 0.29) is 48.5 Å². The van der Waals surface area contributed by atoms with Crippen LogP contribution in [0.1, 0.15) is 42.1 Å². The number of aliphatic hydroxyl groups is 1. The van der Waals surface area contributed by atoms with E-state index in [1.807, 2.05) is 0 Å². The van der Waals surface area contributed by atoms with Crippen molar-refractivity contribution >= 4 is 16.1 Å². The number of hydrogen-bond acceptors (Lipinski definition) is 9. The summed E-state index contributed by atoms with van der Waals surface area (Å²) in [5.41, 5.74) is 0.422. The van der Waals surface area contributed by atoms with Gasteiger partial charge in [-0.25, -0.2) is 13.2 Å². The maximum Gasteiger partial charge on any atom is 0.407 e. The molecule has 41 heavy (non-hydrogen) atoms. The average Bonchev–Trinajstić information content (AvgIpc) is 3.59. The summed E-state index contributed by atoms with van der Waals surface area (Å²) in [5, 5.41) is 14.0. The number of rotatable bonds is 11. The Bertz CT molecular complexity index is 1750. The Kier molecular flexibility index (Phi) is 5.66. The highest BCUT2D eigenvalue weighted by atomic mass is 32.2. The molecule has 5 rings (SSSR count). The molecule has 11 nitrogen and oxygen atoms in total. The summed E-state index contributed by atoms with van der Waals surface area (Å²) in [6, 6.07) is 9.37. The van der Waals surface area contributed by atoms with Crippen molar-refractivity contribution in [3.05, 3.63) is 54.1 Å². The molecule has 0 radical (unpaired) electrons. The zero-order valence-electron chi connectivity index (χ0n) is 33.7. The van der Waals surface area contributed by atoms with Crippen LogP contribution in [0.5, 0.6) is 11.5 Å². The number of nitrogens with zero attached hydrogens (tertiary/aromatic N) is 1. The van der Waals surface area contributed by atoms with Crippen molar-refractivity contribution < 1.29 is 58.5 Å². The van der Waals surface area contributed by atoms with Gasteiger partial charge < -0.3 is 34.1 Å². The number of alkyl carbamates (subject to hydrolysis) is 1. The van der Waals surface area contributed by atoms with Crippen molar-refractivity contribution in [2.45, 2.75) is 56.0 Å². The van der Waals surface area contributed by atoms with E-state index in [9.17, 15) is 18.3 Å². The van der Waals surface area contributed by atoms with Crippen LogP contribution >= 0.6 is 0 Å². The fraction of sp³-hybridized carbons (Fsp3) is 0.552.